The molecule has 0 atom stereocenters. The Hall–Kier alpha value is -1.32. The normalized spacial score (nSPS) is 17.2. The smallest absolute Gasteiger partial charge is 0.134 e. The number of anilines is 2. The molecule has 0 aromatic carbocycles. The minimum atomic E-state index is 0.477. The van der Waals surface area contributed by atoms with Crippen LogP contribution >= 0.6 is 0 Å². The largest absolute Gasteiger partial charge is 0.383 e. The van der Waals surface area contributed by atoms with Crippen LogP contribution in [0.25, 0.3) is 0 Å². The molecule has 0 aliphatic heterocycles. The van der Waals surface area contributed by atoms with Gasteiger partial charge in [0, 0.05) is 12.1 Å². The second kappa shape index (κ2) is 4.51. The van der Waals surface area contributed by atoms with Crippen molar-refractivity contribution >= 4 is 11.6 Å². The van der Waals surface area contributed by atoms with Crippen molar-refractivity contribution in [2.45, 2.75) is 40.0 Å². The molecule has 0 bridgehead atoms. The zero-order chi connectivity index (χ0) is 12.5. The zero-order valence-corrected chi connectivity index (χ0v) is 11.0. The van der Waals surface area contributed by atoms with E-state index in [1.807, 2.05) is 0 Å². The number of nitrogens with two attached hydrogens (primary N) is 1. The van der Waals surface area contributed by atoms with Gasteiger partial charge in [-0.1, -0.05) is 20.8 Å². The predicted molar refractivity (Wildman–Crippen MR) is 70.8 cm³/mol. The molecule has 1 fully saturated rings. The minimum Gasteiger partial charge on any atom is -0.383 e. The molecule has 17 heavy (non-hydrogen) atoms. The molecule has 0 unspecified atom stereocenters. The lowest BCUT2D eigenvalue weighted by Gasteiger charge is -2.21. The Morgan fingerprint density at radius 1 is 1.41 bits per heavy atom. The van der Waals surface area contributed by atoms with E-state index >= 15 is 0 Å². The second-order valence-corrected chi connectivity index (χ2v) is 5.31. The number of nitrogens with zero attached hydrogens (tertiary/aromatic N) is 2. The van der Waals surface area contributed by atoms with Gasteiger partial charge in [0.2, 0.25) is 0 Å². The highest BCUT2D eigenvalue weighted by Crippen LogP contribution is 2.51. The summed E-state index contributed by atoms with van der Waals surface area (Å²) >= 11 is 0. The number of nitrogen functional groups attached to an aromatic ring is 1. The van der Waals surface area contributed by atoms with Crippen molar-refractivity contribution in [1.82, 2.24) is 9.97 Å². The van der Waals surface area contributed by atoms with Crippen molar-refractivity contribution < 1.29 is 0 Å². The van der Waals surface area contributed by atoms with Gasteiger partial charge in [0.15, 0.2) is 0 Å². The Morgan fingerprint density at radius 3 is 2.65 bits per heavy atom. The highest BCUT2D eigenvalue weighted by molar-refractivity contribution is 5.55. The lowest BCUT2D eigenvalue weighted by atomic mass is 9.92. The average Bonchev–Trinajstić information content (AvgIpc) is 3.07. The van der Waals surface area contributed by atoms with E-state index in [1.165, 1.54) is 19.2 Å². The first-order valence-corrected chi connectivity index (χ1v) is 6.42. The van der Waals surface area contributed by atoms with Gasteiger partial charge in [-0.05, 0) is 30.6 Å². The Labute approximate surface area is 103 Å². The SMILES string of the molecule is CCc1c(N)ncnc1NCC1(C(C)C)CC1. The van der Waals surface area contributed by atoms with Crippen molar-refractivity contribution in [3.05, 3.63) is 11.9 Å². The molecule has 1 heterocycles. The summed E-state index contributed by atoms with van der Waals surface area (Å²) < 4.78 is 0. The molecule has 3 N–H and O–H groups in total. The predicted octanol–water partition coefficient (Wildman–Crippen LogP) is 2.47. The van der Waals surface area contributed by atoms with Crippen molar-refractivity contribution in [2.75, 3.05) is 17.6 Å². The van der Waals surface area contributed by atoms with Crippen LogP contribution in [0.1, 0.15) is 39.2 Å². The van der Waals surface area contributed by atoms with Gasteiger partial charge in [-0.3, -0.25) is 0 Å². The molecule has 2 rings (SSSR count). The monoisotopic (exact) mass is 234 g/mol. The topological polar surface area (TPSA) is 63.8 Å². The van der Waals surface area contributed by atoms with Crippen LogP contribution in [-0.4, -0.2) is 16.5 Å². The lowest BCUT2D eigenvalue weighted by molar-refractivity contribution is 0.379. The van der Waals surface area contributed by atoms with Gasteiger partial charge in [0.05, 0.1) is 0 Å². The van der Waals surface area contributed by atoms with E-state index in [-0.39, 0.29) is 0 Å². The second-order valence-electron chi connectivity index (χ2n) is 5.31. The van der Waals surface area contributed by atoms with Crippen molar-refractivity contribution in [3.8, 4) is 0 Å². The number of rotatable bonds is 5. The van der Waals surface area contributed by atoms with Gasteiger partial charge in [-0.25, -0.2) is 9.97 Å². The fourth-order valence-corrected chi connectivity index (χ4v) is 2.31. The van der Waals surface area contributed by atoms with Gasteiger partial charge in [0.25, 0.3) is 0 Å². The van der Waals surface area contributed by atoms with E-state index in [4.69, 9.17) is 5.73 Å². The molecule has 0 amide bonds. The van der Waals surface area contributed by atoms with Gasteiger partial charge in [-0.15, -0.1) is 0 Å². The first kappa shape index (κ1) is 12.1. The third-order valence-electron chi connectivity index (χ3n) is 4.06. The molecule has 0 spiro atoms. The lowest BCUT2D eigenvalue weighted by Crippen LogP contribution is -2.22. The Balaban J connectivity index is 2.07. The maximum atomic E-state index is 5.86. The van der Waals surface area contributed by atoms with Crippen molar-refractivity contribution in [3.63, 3.8) is 0 Å². The van der Waals surface area contributed by atoms with Crippen LogP contribution in [-0.2, 0) is 6.42 Å². The molecule has 0 radical (unpaired) electrons. The molecule has 4 nitrogen and oxygen atoms in total. The Bertz CT molecular complexity index is 396. The summed E-state index contributed by atoms with van der Waals surface area (Å²) in [6, 6.07) is 0. The maximum Gasteiger partial charge on any atom is 0.134 e. The molecule has 0 saturated heterocycles. The minimum absolute atomic E-state index is 0.477. The molecule has 1 aliphatic carbocycles. The molecule has 1 saturated carbocycles. The first-order chi connectivity index (χ1) is 8.09. The van der Waals surface area contributed by atoms with Gasteiger partial charge in [0.1, 0.15) is 18.0 Å². The zero-order valence-electron chi connectivity index (χ0n) is 11.0. The number of nitrogens with one attached hydrogen (secondary N) is 1. The van der Waals surface area contributed by atoms with Crippen LogP contribution in [0.4, 0.5) is 11.6 Å². The average molecular weight is 234 g/mol. The number of aromatic nitrogens is 2. The molecular formula is C13H22N4. The number of hydrogen-bond donors (Lipinski definition) is 2. The van der Waals surface area contributed by atoms with Crippen molar-refractivity contribution in [2.24, 2.45) is 11.3 Å². The van der Waals surface area contributed by atoms with E-state index in [0.717, 1.165) is 30.3 Å². The summed E-state index contributed by atoms with van der Waals surface area (Å²) in [5, 5.41) is 3.46. The summed E-state index contributed by atoms with van der Waals surface area (Å²) in [4.78, 5) is 8.33. The van der Waals surface area contributed by atoms with Crippen LogP contribution in [0.3, 0.4) is 0 Å². The molecule has 1 aromatic rings. The highest BCUT2D eigenvalue weighted by Gasteiger charge is 2.45. The van der Waals surface area contributed by atoms with Crippen LogP contribution in [0, 0.1) is 11.3 Å². The Morgan fingerprint density at radius 2 is 2.12 bits per heavy atom. The fourth-order valence-electron chi connectivity index (χ4n) is 2.31. The summed E-state index contributed by atoms with van der Waals surface area (Å²) in [6.45, 7) is 7.66. The van der Waals surface area contributed by atoms with E-state index in [9.17, 15) is 0 Å². The van der Waals surface area contributed by atoms with Gasteiger partial charge < -0.3 is 11.1 Å². The first-order valence-electron chi connectivity index (χ1n) is 6.42. The van der Waals surface area contributed by atoms with E-state index in [1.54, 1.807) is 0 Å². The standard InChI is InChI=1S/C13H22N4/c1-4-10-11(14)16-8-17-12(10)15-7-13(5-6-13)9(2)3/h8-9H,4-7H2,1-3H3,(H3,14,15,16,17). The van der Waals surface area contributed by atoms with E-state index in [0.29, 0.717) is 11.2 Å². The third-order valence-corrected chi connectivity index (χ3v) is 4.06. The molecule has 4 heteroatoms. The third kappa shape index (κ3) is 2.35. The van der Waals surface area contributed by atoms with Crippen molar-refractivity contribution in [1.29, 1.82) is 0 Å². The van der Waals surface area contributed by atoms with Crippen LogP contribution in [0.2, 0.25) is 0 Å². The van der Waals surface area contributed by atoms with Crippen LogP contribution < -0.4 is 11.1 Å². The maximum absolute atomic E-state index is 5.86. The number of hydrogen-bond acceptors (Lipinski definition) is 4. The quantitative estimate of drug-likeness (QED) is 0.821. The van der Waals surface area contributed by atoms with Crippen LogP contribution in [0.15, 0.2) is 6.33 Å². The van der Waals surface area contributed by atoms with Gasteiger partial charge in [-0.2, -0.15) is 0 Å². The summed E-state index contributed by atoms with van der Waals surface area (Å²) in [5.41, 5.74) is 7.37. The fraction of sp³-hybridized carbons (Fsp3) is 0.692. The van der Waals surface area contributed by atoms with Crippen LogP contribution in [0.5, 0.6) is 0 Å². The summed E-state index contributed by atoms with van der Waals surface area (Å²) in [7, 11) is 0. The van der Waals surface area contributed by atoms with E-state index in [2.05, 4.69) is 36.1 Å². The summed E-state index contributed by atoms with van der Waals surface area (Å²) in [6.07, 6.45) is 5.04. The molecule has 1 aliphatic rings. The molecule has 1 aromatic heterocycles. The van der Waals surface area contributed by atoms with Gasteiger partial charge >= 0.3 is 0 Å². The highest BCUT2D eigenvalue weighted by atomic mass is 15.0. The summed E-state index contributed by atoms with van der Waals surface area (Å²) in [5.74, 6) is 2.23. The Kier molecular flexibility index (Phi) is 3.22. The molecular weight excluding hydrogens is 212 g/mol. The van der Waals surface area contributed by atoms with E-state index < -0.39 is 0 Å². The molecule has 94 valence electrons.